The normalized spacial score (nSPS) is 9.85. The molecule has 102 valence electrons. The van der Waals surface area contributed by atoms with E-state index in [1.807, 2.05) is 12.1 Å². The van der Waals surface area contributed by atoms with E-state index in [4.69, 9.17) is 11.6 Å². The van der Waals surface area contributed by atoms with E-state index in [-0.39, 0.29) is 5.91 Å². The van der Waals surface area contributed by atoms with Gasteiger partial charge in [-0.3, -0.25) is 4.79 Å². The van der Waals surface area contributed by atoms with Crippen LogP contribution in [0.1, 0.15) is 10.4 Å². The molecule has 1 aromatic carbocycles. The van der Waals surface area contributed by atoms with Gasteiger partial charge in [0.1, 0.15) is 0 Å². The third kappa shape index (κ3) is 3.80. The standard InChI is InChI=1S/C14H13ClN4O/c1-2-7-16-13(20)10-8-17-14(18-9-10)19-12-5-3-11(15)4-6-12/h2-6,8-9H,1,7H2,(H,16,20)(H,17,18,19). The fraction of sp³-hybridized carbons (Fsp3) is 0.0714. The molecule has 20 heavy (non-hydrogen) atoms. The number of nitrogens with one attached hydrogen (secondary N) is 2. The average Bonchev–Trinajstić information content (AvgIpc) is 2.48. The molecule has 5 nitrogen and oxygen atoms in total. The van der Waals surface area contributed by atoms with E-state index >= 15 is 0 Å². The fourth-order valence-electron chi connectivity index (χ4n) is 1.44. The summed E-state index contributed by atoms with van der Waals surface area (Å²) in [6.45, 7) is 3.93. The van der Waals surface area contributed by atoms with Gasteiger partial charge < -0.3 is 10.6 Å². The molecule has 1 aromatic heterocycles. The van der Waals surface area contributed by atoms with E-state index in [0.717, 1.165) is 5.69 Å². The van der Waals surface area contributed by atoms with E-state index in [2.05, 4.69) is 27.2 Å². The summed E-state index contributed by atoms with van der Waals surface area (Å²) < 4.78 is 0. The number of carbonyl (C=O) groups excluding carboxylic acids is 1. The van der Waals surface area contributed by atoms with Gasteiger partial charge in [-0.2, -0.15) is 0 Å². The van der Waals surface area contributed by atoms with Crippen LogP contribution in [0.2, 0.25) is 5.02 Å². The van der Waals surface area contributed by atoms with Crippen LogP contribution < -0.4 is 10.6 Å². The van der Waals surface area contributed by atoms with Crippen molar-refractivity contribution in [3.8, 4) is 0 Å². The molecule has 0 saturated heterocycles. The van der Waals surface area contributed by atoms with Crippen molar-refractivity contribution in [3.05, 3.63) is 59.9 Å². The molecule has 1 heterocycles. The zero-order valence-electron chi connectivity index (χ0n) is 10.6. The quantitative estimate of drug-likeness (QED) is 0.830. The molecule has 0 fully saturated rings. The largest absolute Gasteiger partial charge is 0.348 e. The first-order valence-electron chi connectivity index (χ1n) is 5.93. The number of hydrogen-bond acceptors (Lipinski definition) is 4. The summed E-state index contributed by atoms with van der Waals surface area (Å²) in [5.41, 5.74) is 1.21. The number of carbonyl (C=O) groups is 1. The molecule has 6 heteroatoms. The van der Waals surface area contributed by atoms with E-state index in [1.165, 1.54) is 12.4 Å². The maximum Gasteiger partial charge on any atom is 0.254 e. The van der Waals surface area contributed by atoms with Gasteiger partial charge >= 0.3 is 0 Å². The van der Waals surface area contributed by atoms with Gasteiger partial charge in [0.2, 0.25) is 5.95 Å². The first kappa shape index (κ1) is 14.0. The minimum Gasteiger partial charge on any atom is -0.348 e. The lowest BCUT2D eigenvalue weighted by Crippen LogP contribution is -2.23. The maximum atomic E-state index is 11.6. The van der Waals surface area contributed by atoms with Crippen molar-refractivity contribution in [2.45, 2.75) is 0 Å². The molecule has 1 amide bonds. The van der Waals surface area contributed by atoms with Crippen molar-refractivity contribution in [2.24, 2.45) is 0 Å². The van der Waals surface area contributed by atoms with Crippen molar-refractivity contribution in [1.29, 1.82) is 0 Å². The lowest BCUT2D eigenvalue weighted by Gasteiger charge is -2.05. The van der Waals surface area contributed by atoms with Crippen LogP contribution in [0.4, 0.5) is 11.6 Å². The number of halogens is 1. The van der Waals surface area contributed by atoms with Crippen LogP contribution in [0, 0.1) is 0 Å². The molecule has 0 saturated carbocycles. The summed E-state index contributed by atoms with van der Waals surface area (Å²) in [6.07, 6.45) is 4.53. The van der Waals surface area contributed by atoms with Gasteiger partial charge in [-0.1, -0.05) is 17.7 Å². The first-order chi connectivity index (χ1) is 9.69. The van der Waals surface area contributed by atoms with Crippen LogP contribution >= 0.6 is 11.6 Å². The highest BCUT2D eigenvalue weighted by Gasteiger charge is 2.05. The third-order valence-electron chi connectivity index (χ3n) is 2.42. The summed E-state index contributed by atoms with van der Waals surface area (Å²) in [4.78, 5) is 19.8. The highest BCUT2D eigenvalue weighted by molar-refractivity contribution is 6.30. The Morgan fingerprint density at radius 2 is 1.90 bits per heavy atom. The van der Waals surface area contributed by atoms with Gasteiger partial charge in [-0.05, 0) is 24.3 Å². The molecular formula is C14H13ClN4O. The fourth-order valence-corrected chi connectivity index (χ4v) is 1.57. The summed E-state index contributed by atoms with van der Waals surface area (Å²) in [5.74, 6) is 0.176. The summed E-state index contributed by atoms with van der Waals surface area (Å²) in [7, 11) is 0. The number of benzene rings is 1. The molecule has 0 aliphatic heterocycles. The predicted molar refractivity (Wildman–Crippen MR) is 79.3 cm³/mol. The second kappa shape index (κ2) is 6.68. The highest BCUT2D eigenvalue weighted by atomic mass is 35.5. The molecule has 2 N–H and O–H groups in total. The molecule has 0 spiro atoms. The summed E-state index contributed by atoms with van der Waals surface area (Å²) in [6, 6.07) is 7.16. The third-order valence-corrected chi connectivity index (χ3v) is 2.67. The van der Waals surface area contributed by atoms with Gasteiger partial charge in [-0.15, -0.1) is 6.58 Å². The molecule has 2 aromatic rings. The van der Waals surface area contributed by atoms with Crippen molar-refractivity contribution in [2.75, 3.05) is 11.9 Å². The molecule has 0 atom stereocenters. The molecule has 0 radical (unpaired) electrons. The zero-order valence-corrected chi connectivity index (χ0v) is 11.4. The molecule has 0 unspecified atom stereocenters. The molecular weight excluding hydrogens is 276 g/mol. The van der Waals surface area contributed by atoms with Gasteiger partial charge in [0.25, 0.3) is 5.91 Å². The molecule has 0 aliphatic carbocycles. The van der Waals surface area contributed by atoms with Crippen LogP contribution in [-0.2, 0) is 0 Å². The van der Waals surface area contributed by atoms with E-state index < -0.39 is 0 Å². The Labute approximate surface area is 121 Å². The topological polar surface area (TPSA) is 66.9 Å². The summed E-state index contributed by atoms with van der Waals surface area (Å²) in [5, 5.41) is 6.32. The predicted octanol–water partition coefficient (Wildman–Crippen LogP) is 2.79. The number of rotatable bonds is 5. The van der Waals surface area contributed by atoms with Gasteiger partial charge in [0.15, 0.2) is 0 Å². The molecule has 0 aliphatic rings. The van der Waals surface area contributed by atoms with Crippen molar-refractivity contribution in [1.82, 2.24) is 15.3 Å². The van der Waals surface area contributed by atoms with Crippen LogP contribution in [0.3, 0.4) is 0 Å². The Balaban J connectivity index is 2.02. The minimum absolute atomic E-state index is 0.233. The number of nitrogens with zero attached hydrogens (tertiary/aromatic N) is 2. The van der Waals surface area contributed by atoms with Gasteiger partial charge in [0.05, 0.1) is 5.56 Å². The van der Waals surface area contributed by atoms with Crippen molar-refractivity contribution in [3.63, 3.8) is 0 Å². The highest BCUT2D eigenvalue weighted by Crippen LogP contribution is 2.16. The van der Waals surface area contributed by atoms with Crippen LogP contribution in [0.25, 0.3) is 0 Å². The average molecular weight is 289 g/mol. The first-order valence-corrected chi connectivity index (χ1v) is 6.30. The van der Waals surface area contributed by atoms with Crippen LogP contribution in [-0.4, -0.2) is 22.4 Å². The summed E-state index contributed by atoms with van der Waals surface area (Å²) >= 11 is 5.80. The second-order valence-electron chi connectivity index (χ2n) is 3.93. The Morgan fingerprint density at radius 3 is 2.50 bits per heavy atom. The molecule has 2 rings (SSSR count). The Bertz CT molecular complexity index is 596. The lowest BCUT2D eigenvalue weighted by atomic mass is 10.3. The van der Waals surface area contributed by atoms with Crippen molar-refractivity contribution >= 4 is 29.1 Å². The van der Waals surface area contributed by atoms with Crippen LogP contribution in [0.5, 0.6) is 0 Å². The number of amides is 1. The Kier molecular flexibility index (Phi) is 4.68. The van der Waals surface area contributed by atoms with Gasteiger partial charge in [-0.25, -0.2) is 9.97 Å². The minimum atomic E-state index is -0.233. The van der Waals surface area contributed by atoms with E-state index in [9.17, 15) is 4.79 Å². The smallest absolute Gasteiger partial charge is 0.254 e. The van der Waals surface area contributed by atoms with E-state index in [0.29, 0.717) is 23.1 Å². The van der Waals surface area contributed by atoms with Gasteiger partial charge in [0, 0.05) is 29.6 Å². The number of hydrogen-bond donors (Lipinski definition) is 2. The maximum absolute atomic E-state index is 11.6. The Hall–Kier alpha value is -2.40. The van der Waals surface area contributed by atoms with E-state index in [1.54, 1.807) is 18.2 Å². The second-order valence-corrected chi connectivity index (χ2v) is 4.36. The van der Waals surface area contributed by atoms with Crippen LogP contribution in [0.15, 0.2) is 49.3 Å². The zero-order chi connectivity index (χ0) is 14.4. The van der Waals surface area contributed by atoms with Crippen molar-refractivity contribution < 1.29 is 4.79 Å². The SMILES string of the molecule is C=CCNC(=O)c1cnc(Nc2ccc(Cl)cc2)nc1. The number of anilines is 2. The lowest BCUT2D eigenvalue weighted by molar-refractivity contribution is 0.0957. The Morgan fingerprint density at radius 1 is 1.25 bits per heavy atom. The molecule has 0 bridgehead atoms. The monoisotopic (exact) mass is 288 g/mol. The number of aromatic nitrogens is 2.